The number of hydrogen-bond donors (Lipinski definition) is 1. The Hall–Kier alpha value is -1.15. The average Bonchev–Trinajstić information content (AvgIpc) is 2.48. The maximum Gasteiger partial charge on any atom is 0.149 e. The number of carbonyl (C=O) groups excluding carboxylic acids is 1. The minimum absolute atomic E-state index is 0.207. The standard InChI is InChI=1S/C19H31NO/c1-4-7-15(3)8-6-9-19(21)18(20)14-17-12-10-16(5-2)11-13-17/h10-13,15,18H,4-9,14,20H2,1-3H3. The first-order chi connectivity index (χ1) is 10.1. The number of ketones is 1. The number of nitrogens with two attached hydrogens (primary N) is 1. The molecular formula is C19H31NO. The first-order valence-electron chi connectivity index (χ1n) is 8.42. The summed E-state index contributed by atoms with van der Waals surface area (Å²) in [5.74, 6) is 0.930. The summed E-state index contributed by atoms with van der Waals surface area (Å²) in [6.45, 7) is 6.62. The molecule has 0 aliphatic rings. The van der Waals surface area contributed by atoms with E-state index >= 15 is 0 Å². The molecule has 2 nitrogen and oxygen atoms in total. The minimum atomic E-state index is -0.348. The van der Waals surface area contributed by atoms with Crippen molar-refractivity contribution in [3.05, 3.63) is 35.4 Å². The second-order valence-corrected chi connectivity index (χ2v) is 6.23. The van der Waals surface area contributed by atoms with Crippen molar-refractivity contribution in [3.63, 3.8) is 0 Å². The molecule has 2 heteroatoms. The highest BCUT2D eigenvalue weighted by Crippen LogP contribution is 2.15. The molecule has 0 saturated carbocycles. The lowest BCUT2D eigenvalue weighted by atomic mass is 9.95. The molecule has 0 aliphatic heterocycles. The molecule has 0 radical (unpaired) electrons. The Morgan fingerprint density at radius 2 is 1.71 bits per heavy atom. The van der Waals surface area contributed by atoms with Crippen LogP contribution in [0.15, 0.2) is 24.3 Å². The van der Waals surface area contributed by atoms with Gasteiger partial charge in [-0.2, -0.15) is 0 Å². The number of rotatable bonds is 10. The molecular weight excluding hydrogens is 258 g/mol. The van der Waals surface area contributed by atoms with Crippen molar-refractivity contribution in [2.75, 3.05) is 0 Å². The Balaban J connectivity index is 2.33. The van der Waals surface area contributed by atoms with Gasteiger partial charge in [0.25, 0.3) is 0 Å². The zero-order valence-corrected chi connectivity index (χ0v) is 13.9. The lowest BCUT2D eigenvalue weighted by Crippen LogP contribution is -2.32. The van der Waals surface area contributed by atoms with Gasteiger partial charge in [0.05, 0.1) is 6.04 Å². The lowest BCUT2D eigenvalue weighted by Gasteiger charge is -2.13. The van der Waals surface area contributed by atoms with Gasteiger partial charge >= 0.3 is 0 Å². The molecule has 21 heavy (non-hydrogen) atoms. The van der Waals surface area contributed by atoms with Gasteiger partial charge in [-0.25, -0.2) is 0 Å². The third-order valence-electron chi connectivity index (χ3n) is 4.20. The van der Waals surface area contributed by atoms with E-state index in [1.54, 1.807) is 0 Å². The fourth-order valence-electron chi connectivity index (χ4n) is 2.73. The molecule has 2 N–H and O–H groups in total. The molecule has 0 aromatic heterocycles. The second kappa shape index (κ2) is 9.73. The smallest absolute Gasteiger partial charge is 0.149 e. The first-order valence-corrected chi connectivity index (χ1v) is 8.42. The Bertz CT molecular complexity index is 410. The van der Waals surface area contributed by atoms with Crippen LogP contribution in [0.5, 0.6) is 0 Å². The van der Waals surface area contributed by atoms with E-state index in [2.05, 4.69) is 45.0 Å². The van der Waals surface area contributed by atoms with Crippen LogP contribution in [0.25, 0.3) is 0 Å². The van der Waals surface area contributed by atoms with Crippen molar-refractivity contribution < 1.29 is 4.79 Å². The molecule has 0 fully saturated rings. The summed E-state index contributed by atoms with van der Waals surface area (Å²) in [6.07, 6.45) is 6.92. The van der Waals surface area contributed by atoms with Crippen LogP contribution in [-0.2, 0) is 17.6 Å². The molecule has 2 unspecified atom stereocenters. The van der Waals surface area contributed by atoms with Gasteiger partial charge in [0.1, 0.15) is 5.78 Å². The van der Waals surface area contributed by atoms with E-state index in [4.69, 9.17) is 5.73 Å². The third-order valence-corrected chi connectivity index (χ3v) is 4.20. The number of carbonyl (C=O) groups is 1. The number of benzene rings is 1. The Morgan fingerprint density at radius 1 is 1.10 bits per heavy atom. The lowest BCUT2D eigenvalue weighted by molar-refractivity contribution is -0.120. The van der Waals surface area contributed by atoms with Crippen LogP contribution in [0, 0.1) is 5.92 Å². The van der Waals surface area contributed by atoms with E-state index in [1.165, 1.54) is 18.4 Å². The molecule has 0 heterocycles. The zero-order valence-electron chi connectivity index (χ0n) is 13.9. The van der Waals surface area contributed by atoms with Crippen LogP contribution in [-0.4, -0.2) is 11.8 Å². The highest BCUT2D eigenvalue weighted by Gasteiger charge is 2.14. The Labute approximate surface area is 130 Å². The van der Waals surface area contributed by atoms with E-state index in [1.807, 2.05) is 0 Å². The molecule has 0 amide bonds. The third kappa shape index (κ3) is 6.90. The highest BCUT2D eigenvalue weighted by molar-refractivity contribution is 5.84. The Kier molecular flexibility index (Phi) is 8.29. The monoisotopic (exact) mass is 289 g/mol. The van der Waals surface area contributed by atoms with Crippen molar-refractivity contribution in [3.8, 4) is 0 Å². The number of aryl methyl sites for hydroxylation is 1. The maximum atomic E-state index is 12.1. The summed E-state index contributed by atoms with van der Waals surface area (Å²) in [5.41, 5.74) is 8.53. The molecule has 0 aliphatic carbocycles. The van der Waals surface area contributed by atoms with Crippen molar-refractivity contribution in [1.82, 2.24) is 0 Å². The van der Waals surface area contributed by atoms with E-state index in [0.717, 1.165) is 30.7 Å². The normalized spacial score (nSPS) is 13.9. The van der Waals surface area contributed by atoms with Crippen molar-refractivity contribution in [2.24, 2.45) is 11.7 Å². The van der Waals surface area contributed by atoms with E-state index in [9.17, 15) is 4.79 Å². The predicted molar refractivity (Wildman–Crippen MR) is 90.4 cm³/mol. The second-order valence-electron chi connectivity index (χ2n) is 6.23. The maximum absolute atomic E-state index is 12.1. The van der Waals surface area contributed by atoms with Gasteiger partial charge in [-0.1, -0.05) is 64.3 Å². The molecule has 1 aromatic carbocycles. The number of hydrogen-bond acceptors (Lipinski definition) is 2. The summed E-state index contributed by atoms with van der Waals surface area (Å²) in [5, 5.41) is 0. The van der Waals surface area contributed by atoms with Gasteiger partial charge in [-0.3, -0.25) is 4.79 Å². The van der Waals surface area contributed by atoms with Crippen LogP contribution in [0.2, 0.25) is 0 Å². The minimum Gasteiger partial charge on any atom is -0.321 e. The molecule has 1 aromatic rings. The van der Waals surface area contributed by atoms with Gasteiger partial charge in [-0.05, 0) is 36.3 Å². The topological polar surface area (TPSA) is 43.1 Å². The van der Waals surface area contributed by atoms with Gasteiger partial charge < -0.3 is 5.73 Å². The average molecular weight is 289 g/mol. The van der Waals surface area contributed by atoms with Crippen LogP contribution < -0.4 is 5.73 Å². The van der Waals surface area contributed by atoms with Crippen LogP contribution in [0.1, 0.15) is 64.0 Å². The SMILES string of the molecule is CCCC(C)CCCC(=O)C(N)Cc1ccc(CC)cc1. The Morgan fingerprint density at radius 3 is 2.29 bits per heavy atom. The highest BCUT2D eigenvalue weighted by atomic mass is 16.1. The zero-order chi connectivity index (χ0) is 15.7. The molecule has 0 saturated heterocycles. The van der Waals surface area contributed by atoms with Crippen molar-refractivity contribution in [2.45, 2.75) is 71.8 Å². The van der Waals surface area contributed by atoms with Crippen LogP contribution in [0.3, 0.4) is 0 Å². The van der Waals surface area contributed by atoms with E-state index in [0.29, 0.717) is 12.8 Å². The molecule has 118 valence electrons. The summed E-state index contributed by atoms with van der Waals surface area (Å²) < 4.78 is 0. The molecule has 2 atom stereocenters. The largest absolute Gasteiger partial charge is 0.321 e. The van der Waals surface area contributed by atoms with Crippen LogP contribution in [0.4, 0.5) is 0 Å². The molecule has 0 spiro atoms. The van der Waals surface area contributed by atoms with Crippen molar-refractivity contribution in [1.29, 1.82) is 0 Å². The fraction of sp³-hybridized carbons (Fsp3) is 0.632. The summed E-state index contributed by atoms with van der Waals surface area (Å²) >= 11 is 0. The summed E-state index contributed by atoms with van der Waals surface area (Å²) in [6, 6.07) is 8.08. The number of Topliss-reactive ketones (excluding diaryl/α,β-unsaturated/α-hetero) is 1. The molecule has 0 bridgehead atoms. The van der Waals surface area contributed by atoms with Gasteiger partial charge in [0.2, 0.25) is 0 Å². The summed E-state index contributed by atoms with van der Waals surface area (Å²) in [4.78, 5) is 12.1. The summed E-state index contributed by atoms with van der Waals surface area (Å²) in [7, 11) is 0. The molecule has 1 rings (SSSR count). The van der Waals surface area contributed by atoms with Gasteiger partial charge in [0.15, 0.2) is 0 Å². The van der Waals surface area contributed by atoms with Gasteiger partial charge in [0, 0.05) is 6.42 Å². The van der Waals surface area contributed by atoms with E-state index < -0.39 is 0 Å². The first kappa shape index (κ1) is 17.9. The van der Waals surface area contributed by atoms with Crippen molar-refractivity contribution >= 4 is 5.78 Å². The van der Waals surface area contributed by atoms with Crippen LogP contribution >= 0.6 is 0 Å². The predicted octanol–water partition coefficient (Wildman–Crippen LogP) is 4.29. The van der Waals surface area contributed by atoms with Gasteiger partial charge in [-0.15, -0.1) is 0 Å². The fourth-order valence-corrected chi connectivity index (χ4v) is 2.73. The van der Waals surface area contributed by atoms with E-state index in [-0.39, 0.29) is 11.8 Å². The quantitative estimate of drug-likeness (QED) is 0.698.